The standard InChI is InChI=1S/C9H11FN2O3/c1-6(5-11)15-9-7(10)3-2-4-8(9)12(13)14/h2-4,6H,5,11H2,1H3. The van der Waals surface area contributed by atoms with E-state index in [1.54, 1.807) is 6.92 Å². The first kappa shape index (κ1) is 11.4. The van der Waals surface area contributed by atoms with Gasteiger partial charge in [-0.3, -0.25) is 10.1 Å². The summed E-state index contributed by atoms with van der Waals surface area (Å²) in [5.74, 6) is -1.12. The van der Waals surface area contributed by atoms with Crippen molar-refractivity contribution in [1.82, 2.24) is 0 Å². The molecule has 1 aromatic rings. The summed E-state index contributed by atoms with van der Waals surface area (Å²) in [6.07, 6.45) is -0.472. The average Bonchev–Trinajstić information content (AvgIpc) is 2.20. The molecule has 0 radical (unpaired) electrons. The molecule has 0 fully saturated rings. The predicted molar refractivity (Wildman–Crippen MR) is 52.2 cm³/mol. The van der Waals surface area contributed by atoms with Gasteiger partial charge in [0.15, 0.2) is 5.82 Å². The molecule has 1 aromatic carbocycles. The van der Waals surface area contributed by atoms with Crippen molar-refractivity contribution in [3.63, 3.8) is 0 Å². The van der Waals surface area contributed by atoms with Gasteiger partial charge in [0.2, 0.25) is 5.75 Å². The maximum Gasteiger partial charge on any atom is 0.314 e. The second kappa shape index (κ2) is 4.70. The van der Waals surface area contributed by atoms with E-state index >= 15 is 0 Å². The predicted octanol–water partition coefficient (Wildman–Crippen LogP) is 1.46. The second-order valence-electron chi connectivity index (χ2n) is 3.01. The van der Waals surface area contributed by atoms with Crippen LogP contribution in [0.15, 0.2) is 18.2 Å². The number of nitro groups is 1. The molecule has 15 heavy (non-hydrogen) atoms. The van der Waals surface area contributed by atoms with Crippen LogP contribution < -0.4 is 10.5 Å². The maximum absolute atomic E-state index is 13.2. The third-order valence-electron chi connectivity index (χ3n) is 1.79. The number of rotatable bonds is 4. The summed E-state index contributed by atoms with van der Waals surface area (Å²) < 4.78 is 18.3. The molecular formula is C9H11FN2O3. The molecule has 0 aliphatic heterocycles. The average molecular weight is 214 g/mol. The van der Waals surface area contributed by atoms with Crippen LogP contribution in [-0.2, 0) is 0 Å². The highest BCUT2D eigenvalue weighted by molar-refractivity contribution is 5.47. The van der Waals surface area contributed by atoms with Crippen molar-refractivity contribution < 1.29 is 14.1 Å². The van der Waals surface area contributed by atoms with Gasteiger partial charge in [0.1, 0.15) is 6.10 Å². The molecule has 0 aromatic heterocycles. The number of halogens is 1. The SMILES string of the molecule is CC(CN)Oc1c(F)cccc1[N+](=O)[O-]. The fraction of sp³-hybridized carbons (Fsp3) is 0.333. The summed E-state index contributed by atoms with van der Waals surface area (Å²) in [5.41, 5.74) is 4.89. The van der Waals surface area contributed by atoms with E-state index in [1.807, 2.05) is 0 Å². The van der Waals surface area contributed by atoms with E-state index in [9.17, 15) is 14.5 Å². The highest BCUT2D eigenvalue weighted by Gasteiger charge is 2.20. The van der Waals surface area contributed by atoms with E-state index in [-0.39, 0.29) is 12.3 Å². The Morgan fingerprint density at radius 3 is 2.87 bits per heavy atom. The Morgan fingerprint density at radius 1 is 1.67 bits per heavy atom. The van der Waals surface area contributed by atoms with Gasteiger partial charge < -0.3 is 10.5 Å². The molecule has 0 bridgehead atoms. The van der Waals surface area contributed by atoms with Crippen molar-refractivity contribution in [2.75, 3.05) is 6.54 Å². The molecule has 0 heterocycles. The molecule has 1 atom stereocenters. The van der Waals surface area contributed by atoms with Gasteiger partial charge in [-0.15, -0.1) is 0 Å². The van der Waals surface area contributed by atoms with Gasteiger partial charge in [-0.05, 0) is 13.0 Å². The Labute approximate surface area is 85.8 Å². The molecule has 0 spiro atoms. The van der Waals surface area contributed by atoms with E-state index in [0.29, 0.717) is 0 Å². The Morgan fingerprint density at radius 2 is 2.33 bits per heavy atom. The third kappa shape index (κ3) is 2.63. The number of benzene rings is 1. The van der Waals surface area contributed by atoms with Crippen LogP contribution in [0.2, 0.25) is 0 Å². The van der Waals surface area contributed by atoms with E-state index in [1.165, 1.54) is 12.1 Å². The van der Waals surface area contributed by atoms with Gasteiger partial charge in [-0.1, -0.05) is 6.07 Å². The van der Waals surface area contributed by atoms with E-state index in [0.717, 1.165) is 6.07 Å². The summed E-state index contributed by atoms with van der Waals surface area (Å²) in [6, 6.07) is 3.54. The van der Waals surface area contributed by atoms with Gasteiger partial charge in [-0.25, -0.2) is 4.39 Å². The smallest absolute Gasteiger partial charge is 0.314 e. The first-order valence-corrected chi connectivity index (χ1v) is 4.36. The minimum atomic E-state index is -0.760. The monoisotopic (exact) mass is 214 g/mol. The molecule has 0 saturated carbocycles. The molecule has 6 heteroatoms. The zero-order chi connectivity index (χ0) is 11.4. The molecule has 0 saturated heterocycles. The van der Waals surface area contributed by atoms with Crippen LogP contribution >= 0.6 is 0 Å². The van der Waals surface area contributed by atoms with E-state index in [4.69, 9.17) is 10.5 Å². The van der Waals surface area contributed by atoms with Gasteiger partial charge >= 0.3 is 5.69 Å². The fourth-order valence-corrected chi connectivity index (χ4v) is 1.01. The lowest BCUT2D eigenvalue weighted by atomic mass is 10.3. The van der Waals surface area contributed by atoms with Crippen molar-refractivity contribution in [2.24, 2.45) is 5.73 Å². The summed E-state index contributed by atoms with van der Waals surface area (Å²) in [4.78, 5) is 9.88. The van der Waals surface area contributed by atoms with Crippen LogP contribution in [0, 0.1) is 15.9 Å². The lowest BCUT2D eigenvalue weighted by molar-refractivity contribution is -0.386. The number of ether oxygens (including phenoxy) is 1. The summed E-state index contributed by atoms with van der Waals surface area (Å²) in [5, 5.41) is 10.6. The Kier molecular flexibility index (Phi) is 3.56. The van der Waals surface area contributed by atoms with Gasteiger partial charge in [0.25, 0.3) is 0 Å². The maximum atomic E-state index is 13.2. The third-order valence-corrected chi connectivity index (χ3v) is 1.79. The van der Waals surface area contributed by atoms with Crippen LogP contribution in [0.25, 0.3) is 0 Å². The molecule has 5 nitrogen and oxygen atoms in total. The summed E-state index contributed by atoms with van der Waals surface area (Å²) in [6.45, 7) is 1.77. The molecular weight excluding hydrogens is 203 g/mol. The number of para-hydroxylation sites is 1. The molecule has 0 aliphatic rings. The number of nitrogens with zero attached hydrogens (tertiary/aromatic N) is 1. The summed E-state index contributed by atoms with van der Waals surface area (Å²) in [7, 11) is 0. The van der Waals surface area contributed by atoms with Gasteiger partial charge in [0.05, 0.1) is 4.92 Å². The lowest BCUT2D eigenvalue weighted by Gasteiger charge is -2.12. The van der Waals surface area contributed by atoms with Crippen LogP contribution in [0.3, 0.4) is 0 Å². The van der Waals surface area contributed by atoms with Crippen LogP contribution in [0.4, 0.5) is 10.1 Å². The van der Waals surface area contributed by atoms with Crippen LogP contribution in [-0.4, -0.2) is 17.6 Å². The Hall–Kier alpha value is -1.69. The molecule has 82 valence electrons. The van der Waals surface area contributed by atoms with Crippen molar-refractivity contribution in [1.29, 1.82) is 0 Å². The first-order valence-electron chi connectivity index (χ1n) is 4.36. The number of nitrogens with two attached hydrogens (primary N) is 1. The van der Waals surface area contributed by atoms with Gasteiger partial charge in [0, 0.05) is 12.6 Å². The van der Waals surface area contributed by atoms with Crippen LogP contribution in [0.5, 0.6) is 5.75 Å². The molecule has 0 aliphatic carbocycles. The quantitative estimate of drug-likeness (QED) is 0.607. The lowest BCUT2D eigenvalue weighted by Crippen LogP contribution is -2.23. The molecule has 1 unspecified atom stereocenters. The number of hydrogen-bond donors (Lipinski definition) is 1. The highest BCUT2D eigenvalue weighted by atomic mass is 19.1. The largest absolute Gasteiger partial charge is 0.480 e. The number of hydrogen-bond acceptors (Lipinski definition) is 4. The minimum Gasteiger partial charge on any atom is -0.480 e. The van der Waals surface area contributed by atoms with Crippen molar-refractivity contribution >= 4 is 5.69 Å². The van der Waals surface area contributed by atoms with Crippen LogP contribution in [0.1, 0.15) is 6.92 Å². The molecule has 1 rings (SSSR count). The zero-order valence-electron chi connectivity index (χ0n) is 8.14. The second-order valence-corrected chi connectivity index (χ2v) is 3.01. The number of nitro benzene ring substituents is 1. The first-order chi connectivity index (χ1) is 7.06. The normalized spacial score (nSPS) is 12.2. The van der Waals surface area contributed by atoms with Crippen molar-refractivity contribution in [3.8, 4) is 5.75 Å². The summed E-state index contributed by atoms with van der Waals surface area (Å²) >= 11 is 0. The topological polar surface area (TPSA) is 78.4 Å². The Balaban J connectivity index is 3.07. The minimum absolute atomic E-state index is 0.158. The highest BCUT2D eigenvalue weighted by Crippen LogP contribution is 2.30. The van der Waals surface area contributed by atoms with Crippen molar-refractivity contribution in [3.05, 3.63) is 34.1 Å². The van der Waals surface area contributed by atoms with E-state index < -0.39 is 22.5 Å². The Bertz CT molecular complexity index is 370. The van der Waals surface area contributed by atoms with Gasteiger partial charge in [-0.2, -0.15) is 0 Å². The van der Waals surface area contributed by atoms with Crippen molar-refractivity contribution in [2.45, 2.75) is 13.0 Å². The van der Waals surface area contributed by atoms with E-state index in [2.05, 4.69) is 0 Å². The zero-order valence-corrected chi connectivity index (χ0v) is 8.14. The molecule has 2 N–H and O–H groups in total. The molecule has 0 amide bonds. The fourth-order valence-electron chi connectivity index (χ4n) is 1.01.